The van der Waals surface area contributed by atoms with Gasteiger partial charge in [-0.25, -0.2) is 4.98 Å². The number of ether oxygens (including phenoxy) is 2. The van der Waals surface area contributed by atoms with Crippen LogP contribution in [0.25, 0.3) is 11.1 Å². The molecule has 23 heavy (non-hydrogen) atoms. The molecule has 0 saturated carbocycles. The van der Waals surface area contributed by atoms with Crippen molar-refractivity contribution < 1.29 is 18.7 Å². The van der Waals surface area contributed by atoms with E-state index < -0.39 is 0 Å². The van der Waals surface area contributed by atoms with Gasteiger partial charge in [-0.1, -0.05) is 23.9 Å². The van der Waals surface area contributed by atoms with Gasteiger partial charge in [0.25, 0.3) is 5.22 Å². The number of hydrogen-bond acceptors (Lipinski definition) is 6. The van der Waals surface area contributed by atoms with E-state index in [9.17, 15) is 4.79 Å². The smallest absolute Gasteiger partial charge is 0.257 e. The molecule has 5 nitrogen and oxygen atoms in total. The summed E-state index contributed by atoms with van der Waals surface area (Å²) >= 11 is 1.27. The average Bonchev–Trinajstić information content (AvgIpc) is 3.01. The standard InChI is InChI=1S/C17H15NO4S/c1-20-15-8-7-11(9-16(15)21-2)13(19)10-23-17-18-12-5-3-4-6-14(12)22-17/h3-9H,10H2,1-2H3. The number of carbonyl (C=O) groups excluding carboxylic acids is 1. The van der Waals surface area contributed by atoms with Crippen molar-refractivity contribution in [1.29, 1.82) is 0 Å². The number of thioether (sulfide) groups is 1. The van der Waals surface area contributed by atoms with Crippen molar-refractivity contribution in [3.63, 3.8) is 0 Å². The largest absolute Gasteiger partial charge is 0.493 e. The summed E-state index contributed by atoms with van der Waals surface area (Å²) in [6, 6.07) is 12.6. The van der Waals surface area contributed by atoms with E-state index in [-0.39, 0.29) is 11.5 Å². The highest BCUT2D eigenvalue weighted by molar-refractivity contribution is 7.99. The molecule has 0 saturated heterocycles. The first-order valence-corrected chi connectivity index (χ1v) is 7.93. The van der Waals surface area contributed by atoms with Gasteiger partial charge in [0.05, 0.1) is 20.0 Å². The minimum atomic E-state index is -0.0294. The van der Waals surface area contributed by atoms with Gasteiger partial charge in [0.15, 0.2) is 22.9 Å². The van der Waals surface area contributed by atoms with E-state index in [1.807, 2.05) is 24.3 Å². The van der Waals surface area contributed by atoms with Gasteiger partial charge in [0, 0.05) is 5.56 Å². The first-order valence-electron chi connectivity index (χ1n) is 6.95. The molecule has 1 heterocycles. The molecule has 6 heteroatoms. The third-order valence-corrected chi connectivity index (χ3v) is 4.13. The van der Waals surface area contributed by atoms with Gasteiger partial charge in [-0.05, 0) is 30.3 Å². The zero-order valence-corrected chi connectivity index (χ0v) is 13.6. The monoisotopic (exact) mass is 329 g/mol. The molecule has 0 bridgehead atoms. The maximum absolute atomic E-state index is 12.3. The Morgan fingerprint density at radius 1 is 1.13 bits per heavy atom. The van der Waals surface area contributed by atoms with Gasteiger partial charge in [-0.15, -0.1) is 0 Å². The molecule has 3 rings (SSSR count). The second-order valence-electron chi connectivity index (χ2n) is 4.73. The lowest BCUT2D eigenvalue weighted by Crippen LogP contribution is -2.03. The third-order valence-electron chi connectivity index (χ3n) is 3.31. The summed E-state index contributed by atoms with van der Waals surface area (Å²) in [4.78, 5) is 16.7. The molecular formula is C17H15NO4S. The number of ketones is 1. The van der Waals surface area contributed by atoms with Gasteiger partial charge in [0.2, 0.25) is 0 Å². The molecule has 0 radical (unpaired) electrons. The van der Waals surface area contributed by atoms with Crippen molar-refractivity contribution in [2.75, 3.05) is 20.0 Å². The minimum absolute atomic E-state index is 0.0294. The summed E-state index contributed by atoms with van der Waals surface area (Å²) in [6.45, 7) is 0. The molecular weight excluding hydrogens is 314 g/mol. The highest BCUT2D eigenvalue weighted by Crippen LogP contribution is 2.29. The maximum atomic E-state index is 12.3. The normalized spacial score (nSPS) is 10.7. The minimum Gasteiger partial charge on any atom is -0.493 e. The Labute approximate surface area is 137 Å². The fourth-order valence-corrected chi connectivity index (χ4v) is 2.87. The third kappa shape index (κ3) is 3.32. The Balaban J connectivity index is 1.71. The van der Waals surface area contributed by atoms with Crippen molar-refractivity contribution in [3.8, 4) is 11.5 Å². The van der Waals surface area contributed by atoms with E-state index in [4.69, 9.17) is 13.9 Å². The molecule has 0 aliphatic carbocycles. The predicted octanol–water partition coefficient (Wildman–Crippen LogP) is 3.82. The van der Waals surface area contributed by atoms with Gasteiger partial charge in [0.1, 0.15) is 5.52 Å². The molecule has 118 valence electrons. The van der Waals surface area contributed by atoms with E-state index >= 15 is 0 Å². The number of para-hydroxylation sites is 2. The number of nitrogens with zero attached hydrogens (tertiary/aromatic N) is 1. The molecule has 1 aromatic heterocycles. The average molecular weight is 329 g/mol. The van der Waals surface area contributed by atoms with Crippen LogP contribution < -0.4 is 9.47 Å². The molecule has 0 aliphatic heterocycles. The lowest BCUT2D eigenvalue weighted by atomic mass is 10.1. The topological polar surface area (TPSA) is 61.6 Å². The maximum Gasteiger partial charge on any atom is 0.257 e. The van der Waals surface area contributed by atoms with Crippen LogP contribution in [0.5, 0.6) is 11.5 Å². The molecule has 0 fully saturated rings. The zero-order valence-electron chi connectivity index (χ0n) is 12.7. The van der Waals surface area contributed by atoms with Crippen LogP contribution in [-0.4, -0.2) is 30.7 Å². The number of rotatable bonds is 6. The Bertz CT molecular complexity index is 810. The predicted molar refractivity (Wildman–Crippen MR) is 88.6 cm³/mol. The van der Waals surface area contributed by atoms with Crippen molar-refractivity contribution in [2.24, 2.45) is 0 Å². The Hall–Kier alpha value is -2.47. The van der Waals surface area contributed by atoms with Crippen molar-refractivity contribution in [1.82, 2.24) is 4.98 Å². The number of aromatic nitrogens is 1. The highest BCUT2D eigenvalue weighted by Gasteiger charge is 2.13. The molecule has 0 spiro atoms. The number of Topliss-reactive ketones (excluding diaryl/α,β-unsaturated/α-hetero) is 1. The van der Waals surface area contributed by atoms with Crippen LogP contribution >= 0.6 is 11.8 Å². The van der Waals surface area contributed by atoms with E-state index in [0.29, 0.717) is 27.9 Å². The van der Waals surface area contributed by atoms with Crippen molar-refractivity contribution in [3.05, 3.63) is 48.0 Å². The summed E-state index contributed by atoms with van der Waals surface area (Å²) < 4.78 is 16.0. The van der Waals surface area contributed by atoms with Crippen LogP contribution in [0, 0.1) is 0 Å². The first-order chi connectivity index (χ1) is 11.2. The van der Waals surface area contributed by atoms with Crippen LogP contribution in [0.3, 0.4) is 0 Å². The van der Waals surface area contributed by atoms with Gasteiger partial charge >= 0.3 is 0 Å². The SMILES string of the molecule is COc1ccc(C(=O)CSc2nc3ccccc3o2)cc1OC. The van der Waals surface area contributed by atoms with Gasteiger partial charge < -0.3 is 13.9 Å². The van der Waals surface area contributed by atoms with Gasteiger partial charge in [-0.2, -0.15) is 0 Å². The molecule has 0 aliphatic rings. The lowest BCUT2D eigenvalue weighted by Gasteiger charge is -2.08. The second-order valence-corrected chi connectivity index (χ2v) is 5.66. The quantitative estimate of drug-likeness (QED) is 0.506. The van der Waals surface area contributed by atoms with E-state index in [1.165, 1.54) is 11.8 Å². The number of hydrogen-bond donors (Lipinski definition) is 0. The van der Waals surface area contributed by atoms with Crippen molar-refractivity contribution >= 4 is 28.6 Å². The fourth-order valence-electron chi connectivity index (χ4n) is 2.13. The highest BCUT2D eigenvalue weighted by atomic mass is 32.2. The summed E-state index contributed by atoms with van der Waals surface area (Å²) in [7, 11) is 3.10. The second kappa shape index (κ2) is 6.75. The lowest BCUT2D eigenvalue weighted by molar-refractivity contribution is 0.102. The van der Waals surface area contributed by atoms with E-state index in [2.05, 4.69) is 4.98 Å². The Morgan fingerprint density at radius 2 is 1.91 bits per heavy atom. The molecule has 0 atom stereocenters. The summed E-state index contributed by atoms with van der Waals surface area (Å²) in [5.74, 6) is 1.33. The molecule has 0 N–H and O–H groups in total. The van der Waals surface area contributed by atoms with E-state index in [1.54, 1.807) is 32.4 Å². The van der Waals surface area contributed by atoms with Crippen LogP contribution in [0.2, 0.25) is 0 Å². The molecule has 0 unspecified atom stereocenters. The number of oxazole rings is 1. The molecule has 2 aromatic carbocycles. The molecule has 3 aromatic rings. The first kappa shape index (κ1) is 15.4. The van der Waals surface area contributed by atoms with Crippen LogP contribution in [-0.2, 0) is 0 Å². The van der Waals surface area contributed by atoms with Crippen LogP contribution in [0.15, 0.2) is 52.1 Å². The van der Waals surface area contributed by atoms with Crippen LogP contribution in [0.4, 0.5) is 0 Å². The summed E-state index contributed by atoms with van der Waals surface area (Å²) in [5.41, 5.74) is 2.06. The van der Waals surface area contributed by atoms with E-state index in [0.717, 1.165) is 5.52 Å². The number of fused-ring (bicyclic) bond motifs is 1. The van der Waals surface area contributed by atoms with Crippen LogP contribution in [0.1, 0.15) is 10.4 Å². The molecule has 0 amide bonds. The van der Waals surface area contributed by atoms with Crippen molar-refractivity contribution in [2.45, 2.75) is 5.22 Å². The number of benzene rings is 2. The number of carbonyl (C=O) groups is 1. The Morgan fingerprint density at radius 3 is 2.65 bits per heavy atom. The number of methoxy groups -OCH3 is 2. The summed E-state index contributed by atoms with van der Waals surface area (Å²) in [5, 5.41) is 0.486. The summed E-state index contributed by atoms with van der Waals surface area (Å²) in [6.07, 6.45) is 0. The Kier molecular flexibility index (Phi) is 4.52. The fraction of sp³-hybridized carbons (Fsp3) is 0.176. The zero-order chi connectivity index (χ0) is 16.2. The van der Waals surface area contributed by atoms with Gasteiger partial charge in [-0.3, -0.25) is 4.79 Å².